The molecule has 1 aliphatic rings. The van der Waals surface area contributed by atoms with Crippen molar-refractivity contribution in [3.8, 4) is 6.07 Å². The third kappa shape index (κ3) is 2.36. The van der Waals surface area contributed by atoms with Crippen molar-refractivity contribution in [1.82, 2.24) is 9.88 Å². The van der Waals surface area contributed by atoms with Gasteiger partial charge >= 0.3 is 0 Å². The Hall–Kier alpha value is -1.31. The molecule has 0 unspecified atom stereocenters. The zero-order valence-corrected chi connectivity index (χ0v) is 10.5. The minimum Gasteiger partial charge on any atom is -0.396 e. The molecule has 1 heterocycles. The molecule has 0 saturated heterocycles. The van der Waals surface area contributed by atoms with Gasteiger partial charge in [-0.25, -0.2) is 0 Å². The molecule has 0 spiro atoms. The Balaban J connectivity index is 1.93. The van der Waals surface area contributed by atoms with E-state index >= 15 is 0 Å². The van der Waals surface area contributed by atoms with Crippen LogP contribution in [0.5, 0.6) is 0 Å². The van der Waals surface area contributed by atoms with Crippen LogP contribution in [0, 0.1) is 23.7 Å². The number of nitrogens with one attached hydrogen (secondary N) is 1. The van der Waals surface area contributed by atoms with Crippen LogP contribution in [-0.2, 0) is 13.6 Å². The highest BCUT2D eigenvalue weighted by Crippen LogP contribution is 2.44. The third-order valence-corrected chi connectivity index (χ3v) is 3.86. The summed E-state index contributed by atoms with van der Waals surface area (Å²) in [6, 6.07) is 4.11. The molecular weight excluding hydrogens is 214 g/mol. The molecule has 0 aromatic carbocycles. The van der Waals surface area contributed by atoms with Gasteiger partial charge in [0, 0.05) is 37.9 Å². The van der Waals surface area contributed by atoms with Gasteiger partial charge in [0.2, 0.25) is 0 Å². The lowest BCUT2D eigenvalue weighted by Gasteiger charge is -2.12. The largest absolute Gasteiger partial charge is 0.396 e. The normalized spacial score (nSPS) is 16.8. The molecule has 1 aliphatic carbocycles. The molecule has 92 valence electrons. The minimum absolute atomic E-state index is 0.140. The highest BCUT2D eigenvalue weighted by molar-refractivity contribution is 5.34. The number of nitriles is 1. The standard InChI is InChI=1S/C13H19N3O/c1-10-11(5-12(6-14)16(10)2)7-15-8-13(9-17)3-4-13/h5,15,17H,3-4,7-9H2,1-2H3. The van der Waals surface area contributed by atoms with Gasteiger partial charge in [-0.05, 0) is 31.4 Å². The van der Waals surface area contributed by atoms with Crippen LogP contribution < -0.4 is 5.32 Å². The second kappa shape index (κ2) is 4.52. The smallest absolute Gasteiger partial charge is 0.120 e. The maximum absolute atomic E-state index is 9.21. The predicted molar refractivity (Wildman–Crippen MR) is 65.3 cm³/mol. The Morgan fingerprint density at radius 1 is 1.59 bits per heavy atom. The molecule has 17 heavy (non-hydrogen) atoms. The van der Waals surface area contributed by atoms with Gasteiger partial charge in [-0.1, -0.05) is 0 Å². The van der Waals surface area contributed by atoms with Crippen LogP contribution in [-0.4, -0.2) is 22.8 Å². The summed E-state index contributed by atoms with van der Waals surface area (Å²) in [5.41, 5.74) is 3.13. The van der Waals surface area contributed by atoms with Crippen molar-refractivity contribution in [3.05, 3.63) is 23.0 Å². The van der Waals surface area contributed by atoms with Crippen molar-refractivity contribution < 1.29 is 5.11 Å². The zero-order chi connectivity index (χ0) is 12.5. The Labute approximate surface area is 102 Å². The van der Waals surface area contributed by atoms with Gasteiger partial charge in [-0.3, -0.25) is 0 Å². The van der Waals surface area contributed by atoms with E-state index in [9.17, 15) is 5.11 Å². The number of hydrogen-bond donors (Lipinski definition) is 2. The van der Waals surface area contributed by atoms with Crippen molar-refractivity contribution in [3.63, 3.8) is 0 Å². The first-order valence-corrected chi connectivity index (χ1v) is 5.99. The summed E-state index contributed by atoms with van der Waals surface area (Å²) in [6.07, 6.45) is 2.24. The van der Waals surface area contributed by atoms with E-state index < -0.39 is 0 Å². The highest BCUT2D eigenvalue weighted by Gasteiger charge is 2.41. The first kappa shape index (κ1) is 12.2. The van der Waals surface area contributed by atoms with E-state index in [1.807, 2.05) is 24.6 Å². The molecule has 4 heteroatoms. The molecule has 0 bridgehead atoms. The quantitative estimate of drug-likeness (QED) is 0.799. The summed E-state index contributed by atoms with van der Waals surface area (Å²) in [6.45, 7) is 3.93. The SMILES string of the molecule is Cc1c(CNCC2(CO)CC2)cc(C#N)n1C. The molecule has 0 aliphatic heterocycles. The molecule has 1 saturated carbocycles. The van der Waals surface area contributed by atoms with E-state index in [4.69, 9.17) is 5.26 Å². The Bertz CT molecular complexity index is 452. The molecule has 0 atom stereocenters. The van der Waals surface area contributed by atoms with Crippen molar-refractivity contribution in [2.24, 2.45) is 12.5 Å². The molecular formula is C13H19N3O. The van der Waals surface area contributed by atoms with Gasteiger partial charge < -0.3 is 15.0 Å². The van der Waals surface area contributed by atoms with Crippen LogP contribution in [0.1, 0.15) is 29.8 Å². The van der Waals surface area contributed by atoms with E-state index in [1.54, 1.807) is 0 Å². The lowest BCUT2D eigenvalue weighted by molar-refractivity contribution is 0.207. The van der Waals surface area contributed by atoms with E-state index in [0.29, 0.717) is 5.69 Å². The summed E-state index contributed by atoms with van der Waals surface area (Å²) in [7, 11) is 1.91. The lowest BCUT2D eigenvalue weighted by atomic mass is 10.1. The van der Waals surface area contributed by atoms with Crippen LogP contribution >= 0.6 is 0 Å². The average molecular weight is 233 g/mol. The number of rotatable bonds is 5. The highest BCUT2D eigenvalue weighted by atomic mass is 16.3. The number of aliphatic hydroxyl groups excluding tert-OH is 1. The van der Waals surface area contributed by atoms with Crippen LogP contribution in [0.2, 0.25) is 0 Å². The molecule has 0 amide bonds. The summed E-state index contributed by atoms with van der Waals surface area (Å²) in [5, 5.41) is 21.5. The molecule has 1 aromatic heterocycles. The molecule has 1 aromatic rings. The van der Waals surface area contributed by atoms with E-state index in [-0.39, 0.29) is 12.0 Å². The van der Waals surface area contributed by atoms with Crippen molar-refractivity contribution in [2.75, 3.05) is 13.2 Å². The molecule has 2 rings (SSSR count). The van der Waals surface area contributed by atoms with Crippen LogP contribution in [0.3, 0.4) is 0 Å². The Morgan fingerprint density at radius 2 is 2.29 bits per heavy atom. The minimum atomic E-state index is 0.140. The Kier molecular flexibility index (Phi) is 3.23. The van der Waals surface area contributed by atoms with Gasteiger partial charge in [-0.2, -0.15) is 5.26 Å². The fourth-order valence-corrected chi connectivity index (χ4v) is 2.08. The fraction of sp³-hybridized carbons (Fsp3) is 0.615. The molecule has 1 fully saturated rings. The van der Waals surface area contributed by atoms with Crippen LogP contribution in [0.4, 0.5) is 0 Å². The average Bonchev–Trinajstić information content (AvgIpc) is 3.07. The maximum Gasteiger partial charge on any atom is 0.120 e. The predicted octanol–water partition coefficient (Wildman–Crippen LogP) is 1.07. The maximum atomic E-state index is 9.21. The fourth-order valence-electron chi connectivity index (χ4n) is 2.08. The topological polar surface area (TPSA) is 61.0 Å². The molecule has 4 nitrogen and oxygen atoms in total. The molecule has 2 N–H and O–H groups in total. The Morgan fingerprint density at radius 3 is 2.76 bits per heavy atom. The first-order chi connectivity index (χ1) is 8.12. The number of aliphatic hydroxyl groups is 1. The van der Waals surface area contributed by atoms with Gasteiger partial charge in [0.1, 0.15) is 11.8 Å². The van der Waals surface area contributed by atoms with Gasteiger partial charge in [0.05, 0.1) is 0 Å². The second-order valence-corrected chi connectivity index (χ2v) is 5.07. The van der Waals surface area contributed by atoms with Crippen molar-refractivity contribution >= 4 is 0 Å². The monoisotopic (exact) mass is 233 g/mol. The summed E-state index contributed by atoms with van der Waals surface area (Å²) < 4.78 is 1.91. The summed E-state index contributed by atoms with van der Waals surface area (Å²) in [5.74, 6) is 0. The van der Waals surface area contributed by atoms with E-state index in [0.717, 1.165) is 37.2 Å². The molecule has 0 radical (unpaired) electrons. The number of hydrogen-bond acceptors (Lipinski definition) is 3. The lowest BCUT2D eigenvalue weighted by Crippen LogP contribution is -2.26. The third-order valence-electron chi connectivity index (χ3n) is 3.86. The number of aromatic nitrogens is 1. The summed E-state index contributed by atoms with van der Waals surface area (Å²) >= 11 is 0. The number of nitrogens with zero attached hydrogens (tertiary/aromatic N) is 2. The van der Waals surface area contributed by atoms with Crippen LogP contribution in [0.15, 0.2) is 6.07 Å². The zero-order valence-electron chi connectivity index (χ0n) is 10.5. The second-order valence-electron chi connectivity index (χ2n) is 5.07. The van der Waals surface area contributed by atoms with Gasteiger partial charge in [0.15, 0.2) is 0 Å². The van der Waals surface area contributed by atoms with E-state index in [2.05, 4.69) is 11.4 Å². The van der Waals surface area contributed by atoms with E-state index in [1.165, 1.54) is 0 Å². The van der Waals surface area contributed by atoms with Gasteiger partial charge in [0.25, 0.3) is 0 Å². The van der Waals surface area contributed by atoms with Crippen molar-refractivity contribution in [1.29, 1.82) is 5.26 Å². The van der Waals surface area contributed by atoms with Crippen molar-refractivity contribution in [2.45, 2.75) is 26.3 Å². The van der Waals surface area contributed by atoms with Gasteiger partial charge in [-0.15, -0.1) is 0 Å². The first-order valence-electron chi connectivity index (χ1n) is 5.99. The summed E-state index contributed by atoms with van der Waals surface area (Å²) in [4.78, 5) is 0. The van der Waals surface area contributed by atoms with Crippen LogP contribution in [0.25, 0.3) is 0 Å².